The lowest BCUT2D eigenvalue weighted by Gasteiger charge is -2.28. The van der Waals surface area contributed by atoms with Crippen LogP contribution in [0.15, 0.2) is 60.7 Å². The maximum Gasteiger partial charge on any atom is 0.144 e. The Bertz CT molecular complexity index is 1180. The van der Waals surface area contributed by atoms with Crippen LogP contribution in [-0.2, 0) is 0 Å². The Morgan fingerprint density at radius 3 is 1.85 bits per heavy atom. The summed E-state index contributed by atoms with van der Waals surface area (Å²) in [6.07, 6.45) is 7.92. The average Bonchev–Trinajstić information content (AvgIpc) is 2.84. The molecule has 3 aromatic rings. The molecule has 4 rings (SSSR count). The normalized spacial score (nSPS) is 17.6. The summed E-state index contributed by atoms with van der Waals surface area (Å²) in [4.78, 5) is 0. The van der Waals surface area contributed by atoms with E-state index >= 15 is 0 Å². The van der Waals surface area contributed by atoms with Gasteiger partial charge in [-0.1, -0.05) is 55.9 Å². The summed E-state index contributed by atoms with van der Waals surface area (Å²) in [6.45, 7) is 2.28. The van der Waals surface area contributed by atoms with Gasteiger partial charge in [-0.25, -0.2) is 8.78 Å². The van der Waals surface area contributed by atoms with Crippen LogP contribution >= 0.6 is 0 Å². The minimum Gasteiger partial charge on any atom is -0.205 e. The van der Waals surface area contributed by atoms with Gasteiger partial charge in [-0.2, -0.15) is 5.26 Å². The number of hydrogen-bond donors (Lipinski definition) is 0. The molecule has 1 fully saturated rings. The summed E-state index contributed by atoms with van der Waals surface area (Å²) in [7, 11) is 0. The van der Waals surface area contributed by atoms with Gasteiger partial charge in [-0.05, 0) is 90.6 Å². The molecular formula is C30H27F2N. The number of nitriles is 1. The molecule has 1 nitrogen and oxygen atoms in total. The minimum absolute atomic E-state index is 0.392. The van der Waals surface area contributed by atoms with E-state index in [0.717, 1.165) is 17.0 Å². The molecule has 0 spiro atoms. The molecule has 0 radical (unpaired) electrons. The molecule has 0 atom stereocenters. The quantitative estimate of drug-likeness (QED) is 0.378. The van der Waals surface area contributed by atoms with Crippen molar-refractivity contribution in [2.45, 2.75) is 51.4 Å². The number of halogens is 2. The second kappa shape index (κ2) is 10.5. The molecule has 33 heavy (non-hydrogen) atoms. The lowest BCUT2D eigenvalue weighted by molar-refractivity contribution is 0.308. The van der Waals surface area contributed by atoms with Gasteiger partial charge < -0.3 is 0 Å². The van der Waals surface area contributed by atoms with Crippen molar-refractivity contribution < 1.29 is 8.78 Å². The van der Waals surface area contributed by atoms with Crippen LogP contribution in [-0.4, -0.2) is 0 Å². The van der Waals surface area contributed by atoms with Gasteiger partial charge in [0.1, 0.15) is 23.3 Å². The molecule has 166 valence electrons. The van der Waals surface area contributed by atoms with Gasteiger partial charge >= 0.3 is 0 Å². The number of benzene rings is 3. The smallest absolute Gasteiger partial charge is 0.144 e. The topological polar surface area (TPSA) is 23.8 Å². The first kappa shape index (κ1) is 22.8. The summed E-state index contributed by atoms with van der Waals surface area (Å²) in [5.74, 6) is 6.24. The number of rotatable bonds is 4. The van der Waals surface area contributed by atoms with Crippen molar-refractivity contribution in [1.82, 2.24) is 0 Å². The highest BCUT2D eigenvalue weighted by Crippen LogP contribution is 2.37. The van der Waals surface area contributed by atoms with Gasteiger partial charge in [0.05, 0.1) is 0 Å². The van der Waals surface area contributed by atoms with E-state index in [1.807, 2.05) is 12.1 Å². The van der Waals surface area contributed by atoms with Crippen molar-refractivity contribution in [3.8, 4) is 29.0 Å². The zero-order chi connectivity index (χ0) is 23.2. The van der Waals surface area contributed by atoms with Gasteiger partial charge in [0.15, 0.2) is 0 Å². The van der Waals surface area contributed by atoms with Crippen molar-refractivity contribution in [1.29, 1.82) is 5.26 Å². The molecule has 0 bridgehead atoms. The fourth-order valence-electron chi connectivity index (χ4n) is 4.77. The molecule has 1 aliphatic carbocycles. The molecule has 3 heteroatoms. The van der Waals surface area contributed by atoms with Crippen molar-refractivity contribution in [2.24, 2.45) is 5.92 Å². The fourth-order valence-corrected chi connectivity index (χ4v) is 4.77. The van der Waals surface area contributed by atoms with Crippen LogP contribution in [0.2, 0.25) is 0 Å². The average molecular weight is 440 g/mol. The van der Waals surface area contributed by atoms with E-state index in [2.05, 4.69) is 43.0 Å². The third kappa shape index (κ3) is 5.50. The maximum absolute atomic E-state index is 13.9. The Balaban J connectivity index is 1.41. The van der Waals surface area contributed by atoms with Crippen molar-refractivity contribution >= 4 is 0 Å². The van der Waals surface area contributed by atoms with Crippen LogP contribution in [0, 0.1) is 40.7 Å². The van der Waals surface area contributed by atoms with Crippen LogP contribution in [0.3, 0.4) is 0 Å². The van der Waals surface area contributed by atoms with E-state index in [1.165, 1.54) is 56.2 Å². The first-order valence-corrected chi connectivity index (χ1v) is 11.7. The van der Waals surface area contributed by atoms with Crippen molar-refractivity contribution in [3.05, 3.63) is 94.6 Å². The fraction of sp³-hybridized carbons (Fsp3) is 0.300. The molecule has 3 aromatic carbocycles. The van der Waals surface area contributed by atoms with Crippen LogP contribution < -0.4 is 0 Å². The lowest BCUT2D eigenvalue weighted by Crippen LogP contribution is -2.13. The molecule has 0 heterocycles. The van der Waals surface area contributed by atoms with Gasteiger partial charge in [0.2, 0.25) is 0 Å². The summed E-state index contributed by atoms with van der Waals surface area (Å²) in [5.41, 5.74) is 3.72. The Hall–Kier alpha value is -3.43. The molecule has 0 N–H and O–H groups in total. The molecular weight excluding hydrogens is 412 g/mol. The second-order valence-electron chi connectivity index (χ2n) is 8.88. The molecule has 0 unspecified atom stereocenters. The third-order valence-corrected chi connectivity index (χ3v) is 6.65. The maximum atomic E-state index is 13.9. The summed E-state index contributed by atoms with van der Waals surface area (Å²) in [6, 6.07) is 19.7. The van der Waals surface area contributed by atoms with Gasteiger partial charge in [0, 0.05) is 11.1 Å². The van der Waals surface area contributed by atoms with E-state index in [1.54, 1.807) is 18.2 Å². The molecule has 0 aromatic heterocycles. The molecule has 0 aliphatic heterocycles. The Morgan fingerprint density at radius 1 is 0.788 bits per heavy atom. The Kier molecular flexibility index (Phi) is 7.21. The van der Waals surface area contributed by atoms with E-state index < -0.39 is 17.2 Å². The second-order valence-corrected chi connectivity index (χ2v) is 8.88. The Labute approximate surface area is 195 Å². The zero-order valence-corrected chi connectivity index (χ0v) is 18.9. The molecule has 0 amide bonds. The van der Waals surface area contributed by atoms with Gasteiger partial charge in [-0.15, -0.1) is 0 Å². The first-order chi connectivity index (χ1) is 16.1. The SMILES string of the molecule is CCCC1CCC(c2ccc(C#Cc3ccc(-c4cc(F)c(C#N)c(F)c4)cc3)cc2)CC1. The predicted octanol–water partition coefficient (Wildman–Crippen LogP) is 7.98. The first-order valence-electron chi connectivity index (χ1n) is 11.7. The van der Waals surface area contributed by atoms with E-state index in [-0.39, 0.29) is 0 Å². The number of hydrogen-bond acceptors (Lipinski definition) is 1. The minimum atomic E-state index is -0.853. The van der Waals surface area contributed by atoms with E-state index in [9.17, 15) is 8.78 Å². The van der Waals surface area contributed by atoms with Crippen LogP contribution in [0.5, 0.6) is 0 Å². The Morgan fingerprint density at radius 2 is 1.33 bits per heavy atom. The highest BCUT2D eigenvalue weighted by atomic mass is 19.1. The van der Waals surface area contributed by atoms with Crippen LogP contribution in [0.1, 0.15) is 73.6 Å². The van der Waals surface area contributed by atoms with Gasteiger partial charge in [-0.3, -0.25) is 0 Å². The molecule has 1 saturated carbocycles. The zero-order valence-electron chi connectivity index (χ0n) is 18.9. The summed E-state index contributed by atoms with van der Waals surface area (Å²) >= 11 is 0. The van der Waals surface area contributed by atoms with Gasteiger partial charge in [0.25, 0.3) is 0 Å². The van der Waals surface area contributed by atoms with Crippen molar-refractivity contribution in [3.63, 3.8) is 0 Å². The summed E-state index contributed by atoms with van der Waals surface area (Å²) in [5, 5.41) is 8.81. The van der Waals surface area contributed by atoms with Crippen LogP contribution in [0.4, 0.5) is 8.78 Å². The largest absolute Gasteiger partial charge is 0.205 e. The highest BCUT2D eigenvalue weighted by Gasteiger charge is 2.21. The molecule has 1 aliphatic rings. The number of nitrogens with zero attached hydrogens (tertiary/aromatic N) is 1. The predicted molar refractivity (Wildman–Crippen MR) is 129 cm³/mol. The summed E-state index contributed by atoms with van der Waals surface area (Å²) < 4.78 is 27.8. The van der Waals surface area contributed by atoms with Crippen LogP contribution in [0.25, 0.3) is 11.1 Å². The third-order valence-electron chi connectivity index (χ3n) is 6.65. The lowest BCUT2D eigenvalue weighted by atomic mass is 9.77. The highest BCUT2D eigenvalue weighted by molar-refractivity contribution is 5.66. The monoisotopic (exact) mass is 439 g/mol. The van der Waals surface area contributed by atoms with E-state index in [0.29, 0.717) is 17.0 Å². The molecule has 0 saturated heterocycles. The standard InChI is InChI=1S/C30H27F2N/c1-2-3-21-6-12-24(13-7-21)25-14-8-22(9-15-25)4-5-23-10-16-26(17-11-23)27-18-29(31)28(20-33)30(32)19-27/h8-11,14-19,21,24H,2-3,6-7,12-13H2,1H3. The van der Waals surface area contributed by atoms with E-state index in [4.69, 9.17) is 5.26 Å². The van der Waals surface area contributed by atoms with Crippen molar-refractivity contribution in [2.75, 3.05) is 0 Å².